The first-order valence-corrected chi connectivity index (χ1v) is 8.93. The van der Waals surface area contributed by atoms with E-state index in [1.54, 1.807) is 6.33 Å². The Balaban J connectivity index is 1.62. The Morgan fingerprint density at radius 2 is 2.21 bits per heavy atom. The zero-order valence-corrected chi connectivity index (χ0v) is 15.3. The summed E-state index contributed by atoms with van der Waals surface area (Å²) in [5, 5.41) is 5.60. The molecule has 1 aliphatic carbocycles. The zero-order valence-electron chi connectivity index (χ0n) is 13.7. The van der Waals surface area contributed by atoms with Crippen molar-refractivity contribution in [2.75, 3.05) is 5.32 Å². The molecule has 0 aliphatic heterocycles. The number of aromatic nitrogens is 3. The van der Waals surface area contributed by atoms with Crippen molar-refractivity contribution in [1.82, 2.24) is 14.5 Å². The summed E-state index contributed by atoms with van der Waals surface area (Å²) in [6.07, 6.45) is 7.22. The van der Waals surface area contributed by atoms with Crippen molar-refractivity contribution < 1.29 is 9.53 Å². The molecule has 8 heteroatoms. The van der Waals surface area contributed by atoms with Crippen LogP contribution in [0.5, 0.6) is 0 Å². The summed E-state index contributed by atoms with van der Waals surface area (Å²) in [4.78, 5) is 20.4. The zero-order chi connectivity index (χ0) is 17.3. The fraction of sp³-hybridized carbons (Fsp3) is 0.438. The Morgan fingerprint density at radius 3 is 2.88 bits per heavy atom. The molecule has 128 valence electrons. The lowest BCUT2D eigenvalue weighted by Crippen LogP contribution is -2.27. The van der Waals surface area contributed by atoms with Crippen LogP contribution in [0.3, 0.4) is 0 Å². The van der Waals surface area contributed by atoms with Gasteiger partial charge in [-0.05, 0) is 45.8 Å². The van der Waals surface area contributed by atoms with E-state index in [1.165, 1.54) is 11.3 Å². The molecule has 0 atom stereocenters. The molecule has 2 aromatic heterocycles. The van der Waals surface area contributed by atoms with Gasteiger partial charge in [-0.3, -0.25) is 5.32 Å². The van der Waals surface area contributed by atoms with Gasteiger partial charge in [0.1, 0.15) is 16.4 Å². The first-order chi connectivity index (χ1) is 11.3. The number of hydrogen-bond donors (Lipinski definition) is 1. The number of ether oxygens (including phenoxy) is 1. The van der Waals surface area contributed by atoms with Crippen molar-refractivity contribution in [1.29, 1.82) is 0 Å². The van der Waals surface area contributed by atoms with E-state index in [2.05, 4.69) is 15.3 Å². The van der Waals surface area contributed by atoms with Crippen LogP contribution in [-0.4, -0.2) is 26.2 Å². The molecule has 3 rings (SSSR count). The minimum atomic E-state index is -0.540. The Morgan fingerprint density at radius 1 is 1.46 bits per heavy atom. The number of hydrogen-bond acceptors (Lipinski definition) is 5. The molecule has 24 heavy (non-hydrogen) atoms. The largest absolute Gasteiger partial charge is 0.444 e. The maximum absolute atomic E-state index is 11.7. The van der Waals surface area contributed by atoms with Gasteiger partial charge < -0.3 is 9.30 Å². The van der Waals surface area contributed by atoms with Crippen LogP contribution < -0.4 is 5.32 Å². The van der Waals surface area contributed by atoms with Gasteiger partial charge in [0.05, 0.1) is 12.0 Å². The number of thiazole rings is 1. The molecule has 0 radical (unpaired) electrons. The third kappa shape index (κ3) is 4.36. The Bertz CT molecular complexity index is 771. The van der Waals surface area contributed by atoms with Gasteiger partial charge in [0, 0.05) is 11.4 Å². The van der Waals surface area contributed by atoms with Gasteiger partial charge in [-0.15, -0.1) is 11.3 Å². The minimum Gasteiger partial charge on any atom is -0.444 e. The van der Waals surface area contributed by atoms with Gasteiger partial charge >= 0.3 is 6.09 Å². The minimum absolute atomic E-state index is 0.485. The molecular formula is C16H19ClN4O2S. The van der Waals surface area contributed by atoms with Gasteiger partial charge in [-0.25, -0.2) is 14.8 Å². The topological polar surface area (TPSA) is 69.0 Å². The lowest BCUT2D eigenvalue weighted by Gasteiger charge is -2.18. The van der Waals surface area contributed by atoms with Crippen molar-refractivity contribution in [3.63, 3.8) is 0 Å². The number of carbonyl (C=O) groups is 1. The molecule has 0 spiro atoms. The quantitative estimate of drug-likeness (QED) is 0.840. The van der Waals surface area contributed by atoms with E-state index in [0.717, 1.165) is 24.2 Å². The maximum atomic E-state index is 11.7. The molecular weight excluding hydrogens is 348 g/mol. The third-order valence-electron chi connectivity index (χ3n) is 3.24. The Labute approximate surface area is 149 Å². The smallest absolute Gasteiger partial charge is 0.413 e. The molecule has 2 aromatic rings. The van der Waals surface area contributed by atoms with Crippen LogP contribution in [0.4, 0.5) is 9.93 Å². The van der Waals surface area contributed by atoms with Crippen LogP contribution in [0.2, 0.25) is 5.15 Å². The number of imidazole rings is 1. The third-order valence-corrected chi connectivity index (χ3v) is 4.41. The van der Waals surface area contributed by atoms with E-state index in [4.69, 9.17) is 16.3 Å². The van der Waals surface area contributed by atoms with E-state index >= 15 is 0 Å². The van der Waals surface area contributed by atoms with Gasteiger partial charge in [0.2, 0.25) is 0 Å². The number of amides is 1. The van der Waals surface area contributed by atoms with E-state index in [1.807, 2.05) is 42.9 Å². The summed E-state index contributed by atoms with van der Waals surface area (Å²) in [6, 6.07) is 0.496. The van der Waals surface area contributed by atoms with Crippen LogP contribution in [-0.2, 0) is 4.74 Å². The highest BCUT2D eigenvalue weighted by Gasteiger charge is 2.26. The fourth-order valence-corrected chi connectivity index (χ4v) is 3.01. The number of nitrogens with zero attached hydrogens (tertiary/aromatic N) is 3. The molecule has 1 fully saturated rings. The molecule has 1 N–H and O–H groups in total. The second-order valence-electron chi connectivity index (χ2n) is 6.60. The van der Waals surface area contributed by atoms with E-state index in [0.29, 0.717) is 16.3 Å². The predicted octanol–water partition coefficient (Wildman–Crippen LogP) is 4.85. The predicted molar refractivity (Wildman–Crippen MR) is 96.4 cm³/mol. The van der Waals surface area contributed by atoms with Crippen LogP contribution in [0.25, 0.3) is 12.2 Å². The summed E-state index contributed by atoms with van der Waals surface area (Å²) >= 11 is 7.65. The van der Waals surface area contributed by atoms with Gasteiger partial charge in [0.25, 0.3) is 0 Å². The van der Waals surface area contributed by atoms with Gasteiger partial charge in [0.15, 0.2) is 5.13 Å². The Kier molecular flexibility index (Phi) is 4.64. The normalized spacial score (nSPS) is 15.0. The van der Waals surface area contributed by atoms with Crippen molar-refractivity contribution in [2.24, 2.45) is 0 Å². The standard InChI is InChI=1S/C16H19ClN4O2S/c1-16(2,3)23-15(22)20-14-19-10(8-24-14)4-7-12-13(17)21(9-18-12)11-5-6-11/h4,7-9,11H,5-6H2,1-3H3,(H,19,20,22)/b7-4+. The second kappa shape index (κ2) is 6.57. The van der Waals surface area contributed by atoms with E-state index in [-0.39, 0.29) is 0 Å². The lowest BCUT2D eigenvalue weighted by molar-refractivity contribution is 0.0636. The Hall–Kier alpha value is -1.86. The highest BCUT2D eigenvalue weighted by Crippen LogP contribution is 2.38. The van der Waals surface area contributed by atoms with E-state index in [9.17, 15) is 4.79 Å². The number of rotatable bonds is 4. The monoisotopic (exact) mass is 366 g/mol. The van der Waals surface area contributed by atoms with Crippen LogP contribution in [0.15, 0.2) is 11.7 Å². The summed E-state index contributed by atoms with van der Waals surface area (Å²) in [5.41, 5.74) is 0.905. The van der Waals surface area contributed by atoms with Crippen molar-refractivity contribution >= 4 is 46.3 Å². The lowest BCUT2D eigenvalue weighted by atomic mass is 10.2. The molecule has 0 aromatic carbocycles. The first kappa shape index (κ1) is 17.0. The van der Waals surface area contributed by atoms with Crippen molar-refractivity contribution in [3.05, 3.63) is 28.2 Å². The highest BCUT2D eigenvalue weighted by molar-refractivity contribution is 7.14. The summed E-state index contributed by atoms with van der Waals surface area (Å²) in [7, 11) is 0. The fourth-order valence-electron chi connectivity index (χ4n) is 2.06. The van der Waals surface area contributed by atoms with Gasteiger partial charge in [-0.2, -0.15) is 0 Å². The number of halogens is 1. The summed E-state index contributed by atoms with van der Waals surface area (Å²) in [5.74, 6) is 0. The molecule has 6 nitrogen and oxygen atoms in total. The maximum Gasteiger partial charge on any atom is 0.413 e. The molecule has 0 unspecified atom stereocenters. The molecule has 1 saturated carbocycles. The SMILES string of the molecule is CC(C)(C)OC(=O)Nc1nc(/C=C/c2ncn(C3CC3)c2Cl)cs1. The van der Waals surface area contributed by atoms with Crippen LogP contribution in [0.1, 0.15) is 51.0 Å². The summed E-state index contributed by atoms with van der Waals surface area (Å²) < 4.78 is 7.19. The molecule has 0 saturated heterocycles. The number of carbonyl (C=O) groups excluding carboxylic acids is 1. The van der Waals surface area contributed by atoms with Crippen molar-refractivity contribution in [2.45, 2.75) is 45.3 Å². The average molecular weight is 367 g/mol. The first-order valence-electron chi connectivity index (χ1n) is 7.68. The molecule has 0 bridgehead atoms. The number of nitrogens with one attached hydrogen (secondary N) is 1. The van der Waals surface area contributed by atoms with E-state index < -0.39 is 11.7 Å². The molecule has 1 aliphatic rings. The molecule has 2 heterocycles. The van der Waals surface area contributed by atoms with Crippen LogP contribution >= 0.6 is 22.9 Å². The van der Waals surface area contributed by atoms with Gasteiger partial charge in [-0.1, -0.05) is 11.6 Å². The molecule has 1 amide bonds. The van der Waals surface area contributed by atoms with Crippen molar-refractivity contribution in [3.8, 4) is 0 Å². The second-order valence-corrected chi connectivity index (χ2v) is 7.81. The summed E-state index contributed by atoms with van der Waals surface area (Å²) in [6.45, 7) is 5.44. The number of anilines is 1. The van der Waals surface area contributed by atoms with Crippen LogP contribution in [0, 0.1) is 0 Å². The average Bonchev–Trinajstić information content (AvgIpc) is 3.10. The highest BCUT2D eigenvalue weighted by atomic mass is 35.5.